The molecule has 0 saturated heterocycles. The normalized spacial score (nSPS) is 12.7. The van der Waals surface area contributed by atoms with Crippen LogP contribution in [0, 0.1) is 11.3 Å². The highest BCUT2D eigenvalue weighted by Gasteiger charge is 2.31. The zero-order valence-electron chi connectivity index (χ0n) is 22.2. The molecule has 2 atom stereocenters. The molecule has 202 valence electrons. The van der Waals surface area contributed by atoms with Crippen LogP contribution in [0.5, 0.6) is 5.75 Å². The lowest BCUT2D eigenvalue weighted by molar-refractivity contribution is 0.101. The van der Waals surface area contributed by atoms with Crippen molar-refractivity contribution in [3.8, 4) is 11.8 Å². The highest BCUT2D eigenvalue weighted by atomic mass is 16.5. The molecule has 0 aliphatic rings. The fourth-order valence-electron chi connectivity index (χ4n) is 4.60. The van der Waals surface area contributed by atoms with Crippen LogP contribution in [-0.4, -0.2) is 61.0 Å². The van der Waals surface area contributed by atoms with Crippen LogP contribution >= 0.6 is 0 Å². The summed E-state index contributed by atoms with van der Waals surface area (Å²) in [5.74, 6) is -2.24. The summed E-state index contributed by atoms with van der Waals surface area (Å²) in [5, 5.41) is 31.0. The first kappa shape index (κ1) is 27.3. The van der Waals surface area contributed by atoms with E-state index < -0.39 is 34.7 Å². The minimum absolute atomic E-state index is 0.249. The predicted octanol–water partition coefficient (Wildman–Crippen LogP) is 2.68. The number of nitriles is 1. The van der Waals surface area contributed by atoms with Crippen molar-refractivity contribution >= 4 is 11.6 Å². The Kier molecular flexibility index (Phi) is 8.21. The highest BCUT2D eigenvalue weighted by Crippen LogP contribution is 2.39. The van der Waals surface area contributed by atoms with E-state index in [-0.39, 0.29) is 11.5 Å². The smallest absolute Gasteiger partial charge is 0.296 e. The van der Waals surface area contributed by atoms with Gasteiger partial charge in [-0.3, -0.25) is 18.8 Å². The first-order valence-corrected chi connectivity index (χ1v) is 12.4. The van der Waals surface area contributed by atoms with Crippen LogP contribution in [0.25, 0.3) is 0 Å². The summed E-state index contributed by atoms with van der Waals surface area (Å²) in [7, 11) is 5.52. The fraction of sp³-hybridized carbons (Fsp3) is 0.333. The van der Waals surface area contributed by atoms with E-state index in [0.29, 0.717) is 12.1 Å². The molecule has 12 heteroatoms. The molecular weight excluding hydrogens is 500 g/mol. The van der Waals surface area contributed by atoms with E-state index in [0.717, 1.165) is 24.1 Å². The predicted molar refractivity (Wildman–Crippen MR) is 142 cm³/mol. The number of hydrogen-bond acceptors (Lipinski definition) is 9. The molecule has 12 nitrogen and oxygen atoms in total. The Hall–Kier alpha value is -4.76. The lowest BCUT2D eigenvalue weighted by Crippen LogP contribution is -2.29. The van der Waals surface area contributed by atoms with Crippen LogP contribution in [0.3, 0.4) is 0 Å². The van der Waals surface area contributed by atoms with Gasteiger partial charge in [0.2, 0.25) is 5.75 Å². The second kappa shape index (κ2) is 11.7. The van der Waals surface area contributed by atoms with Crippen LogP contribution in [0.2, 0.25) is 0 Å². The number of rotatable bonds is 10. The largest absolute Gasteiger partial charge is 0.501 e. The van der Waals surface area contributed by atoms with Crippen molar-refractivity contribution in [3.63, 3.8) is 0 Å². The number of aromatic hydroxyl groups is 1. The van der Waals surface area contributed by atoms with E-state index >= 15 is 0 Å². The number of hydrogen-bond donors (Lipinski definition) is 2. The molecule has 1 aromatic carbocycles. The molecule has 0 aliphatic heterocycles. The van der Waals surface area contributed by atoms with Gasteiger partial charge in [0, 0.05) is 31.6 Å². The van der Waals surface area contributed by atoms with Crippen LogP contribution < -0.4 is 10.9 Å². The van der Waals surface area contributed by atoms with Gasteiger partial charge < -0.3 is 19.8 Å². The Morgan fingerprint density at radius 1 is 1.28 bits per heavy atom. The molecule has 0 bridgehead atoms. The number of carbonyl (C=O) groups is 1. The van der Waals surface area contributed by atoms with E-state index in [1.807, 2.05) is 44.0 Å². The molecule has 0 saturated carbocycles. The lowest BCUT2D eigenvalue weighted by Gasteiger charge is -2.26. The summed E-state index contributed by atoms with van der Waals surface area (Å²) < 4.78 is 7.80. The number of carbonyl (C=O) groups excluding carboxylic acids is 1. The van der Waals surface area contributed by atoms with Gasteiger partial charge in [0.1, 0.15) is 17.8 Å². The standard InChI is InChI=1S/C27H30N8O4/c1-17(25-32-23(24(36)27(38)34(25)4)26(37)31-20-14-30-39-16-20)22(21-9-6-5-8-18(21)12-28)19-13-29-35(15-19)11-7-10-33(2)3/h5-6,8-9,13-17,22,36H,7,10-11H2,1-4H3,(H,31,37)/t17-,22-/m0/s1. The van der Waals surface area contributed by atoms with E-state index in [2.05, 4.69) is 31.5 Å². The number of nitrogens with one attached hydrogen (secondary N) is 1. The van der Waals surface area contributed by atoms with Crippen LogP contribution in [0.15, 0.2) is 58.4 Å². The SMILES string of the molecule is C[C@H](c1nc(C(=O)Nc2cnoc2)c(O)c(=O)n1C)[C@@H](c1cnn(CCCN(C)C)c1)c1ccccc1C#N. The number of aromatic nitrogens is 5. The first-order chi connectivity index (χ1) is 18.7. The maximum Gasteiger partial charge on any atom is 0.296 e. The molecule has 0 aliphatic carbocycles. The van der Waals surface area contributed by atoms with Crippen molar-refractivity contribution in [2.45, 2.75) is 31.7 Å². The van der Waals surface area contributed by atoms with Gasteiger partial charge in [-0.2, -0.15) is 10.4 Å². The van der Waals surface area contributed by atoms with E-state index in [1.165, 1.54) is 24.1 Å². The molecule has 0 radical (unpaired) electrons. The van der Waals surface area contributed by atoms with Gasteiger partial charge in [-0.25, -0.2) is 4.98 Å². The van der Waals surface area contributed by atoms with Crippen molar-refractivity contribution in [3.05, 3.63) is 87.7 Å². The average Bonchev–Trinajstić information content (AvgIpc) is 3.60. The molecule has 3 aromatic heterocycles. The van der Waals surface area contributed by atoms with Gasteiger partial charge in [0.25, 0.3) is 11.5 Å². The Morgan fingerprint density at radius 3 is 2.74 bits per heavy atom. The molecule has 0 fully saturated rings. The molecule has 0 spiro atoms. The van der Waals surface area contributed by atoms with Crippen molar-refractivity contribution in [2.75, 3.05) is 26.0 Å². The zero-order chi connectivity index (χ0) is 28.1. The highest BCUT2D eigenvalue weighted by molar-refractivity contribution is 6.04. The quantitative estimate of drug-likeness (QED) is 0.315. The summed E-state index contributed by atoms with van der Waals surface area (Å²) in [6, 6.07) is 9.48. The third kappa shape index (κ3) is 5.89. The van der Waals surface area contributed by atoms with Crippen LogP contribution in [-0.2, 0) is 13.6 Å². The molecular formula is C27H30N8O4. The molecule has 2 N–H and O–H groups in total. The minimum Gasteiger partial charge on any atom is -0.501 e. The summed E-state index contributed by atoms with van der Waals surface area (Å²) in [5.41, 5.74) is 1.09. The average molecular weight is 531 g/mol. The van der Waals surface area contributed by atoms with E-state index in [4.69, 9.17) is 4.52 Å². The monoisotopic (exact) mass is 530 g/mol. The molecule has 3 heterocycles. The van der Waals surface area contributed by atoms with Crippen LogP contribution in [0.4, 0.5) is 5.69 Å². The second-order valence-corrected chi connectivity index (χ2v) is 9.56. The van der Waals surface area contributed by atoms with Crippen molar-refractivity contribution < 1.29 is 14.4 Å². The van der Waals surface area contributed by atoms with Gasteiger partial charge in [-0.1, -0.05) is 30.3 Å². The Balaban J connectivity index is 1.78. The number of benzene rings is 1. The molecule has 0 unspecified atom stereocenters. The topological polar surface area (TPSA) is 155 Å². The number of nitrogens with zero attached hydrogens (tertiary/aromatic N) is 7. The first-order valence-electron chi connectivity index (χ1n) is 12.4. The van der Waals surface area contributed by atoms with Gasteiger partial charge in [-0.05, 0) is 44.3 Å². The lowest BCUT2D eigenvalue weighted by atomic mass is 9.80. The Labute approximate surface area is 225 Å². The van der Waals surface area contributed by atoms with Crippen molar-refractivity contribution in [1.82, 2.24) is 29.4 Å². The second-order valence-electron chi connectivity index (χ2n) is 9.56. The maximum atomic E-state index is 13.0. The number of aryl methyl sites for hydroxylation is 1. The minimum atomic E-state index is -0.787. The Bertz CT molecular complexity index is 1550. The summed E-state index contributed by atoms with van der Waals surface area (Å²) in [4.78, 5) is 32.5. The van der Waals surface area contributed by atoms with E-state index in [9.17, 15) is 20.0 Å². The molecule has 4 rings (SSSR count). The van der Waals surface area contributed by atoms with Gasteiger partial charge in [-0.15, -0.1) is 0 Å². The molecule has 4 aromatic rings. The van der Waals surface area contributed by atoms with Gasteiger partial charge in [0.05, 0.1) is 24.0 Å². The van der Waals surface area contributed by atoms with Crippen LogP contribution in [0.1, 0.15) is 58.2 Å². The zero-order valence-corrected chi connectivity index (χ0v) is 22.2. The summed E-state index contributed by atoms with van der Waals surface area (Å²) >= 11 is 0. The summed E-state index contributed by atoms with van der Waals surface area (Å²) in [6.45, 7) is 3.48. The van der Waals surface area contributed by atoms with E-state index in [1.54, 1.807) is 18.3 Å². The molecule has 1 amide bonds. The van der Waals surface area contributed by atoms with Crippen molar-refractivity contribution in [1.29, 1.82) is 5.26 Å². The number of amides is 1. The number of anilines is 1. The molecule has 39 heavy (non-hydrogen) atoms. The third-order valence-corrected chi connectivity index (χ3v) is 6.54. The maximum absolute atomic E-state index is 13.0. The fourth-order valence-corrected chi connectivity index (χ4v) is 4.60. The third-order valence-electron chi connectivity index (χ3n) is 6.54. The van der Waals surface area contributed by atoms with Crippen molar-refractivity contribution in [2.24, 2.45) is 7.05 Å². The van der Waals surface area contributed by atoms with Gasteiger partial charge in [0.15, 0.2) is 5.69 Å². The Morgan fingerprint density at radius 2 is 2.05 bits per heavy atom. The van der Waals surface area contributed by atoms with Gasteiger partial charge >= 0.3 is 0 Å². The summed E-state index contributed by atoms with van der Waals surface area (Å²) in [6.07, 6.45) is 7.09.